The van der Waals surface area contributed by atoms with Crippen molar-refractivity contribution in [3.8, 4) is 0 Å². The van der Waals surface area contributed by atoms with Crippen LogP contribution in [0, 0.1) is 0 Å². The van der Waals surface area contributed by atoms with E-state index in [4.69, 9.17) is 23.2 Å². The summed E-state index contributed by atoms with van der Waals surface area (Å²) >= 11 is 13.8. The molecule has 2 N–H and O–H groups in total. The molecule has 5 nitrogen and oxygen atoms in total. The average Bonchev–Trinajstić information content (AvgIpc) is 3.11. The second-order valence-electron chi connectivity index (χ2n) is 5.71. The van der Waals surface area contributed by atoms with E-state index in [0.29, 0.717) is 29.2 Å². The van der Waals surface area contributed by atoms with E-state index in [9.17, 15) is 0 Å². The maximum atomic E-state index is 6.09. The molecular formula is C16H23Cl2N5S. The number of halogens is 2. The lowest BCUT2D eigenvalue weighted by atomic mass is 10.2. The smallest absolute Gasteiger partial charge is 0.191 e. The van der Waals surface area contributed by atoms with Gasteiger partial charge in [-0.2, -0.15) is 0 Å². The molecule has 132 valence electrons. The van der Waals surface area contributed by atoms with E-state index in [1.807, 2.05) is 24.6 Å². The number of thiazole rings is 1. The van der Waals surface area contributed by atoms with Gasteiger partial charge < -0.3 is 15.2 Å². The van der Waals surface area contributed by atoms with E-state index in [2.05, 4.69) is 39.8 Å². The van der Waals surface area contributed by atoms with E-state index < -0.39 is 0 Å². The fraction of sp³-hybridized carbons (Fsp3) is 0.500. The average molecular weight is 388 g/mol. The zero-order chi connectivity index (χ0) is 17.7. The van der Waals surface area contributed by atoms with Crippen LogP contribution in [-0.4, -0.2) is 22.1 Å². The van der Waals surface area contributed by atoms with Gasteiger partial charge in [0.2, 0.25) is 0 Å². The highest BCUT2D eigenvalue weighted by Crippen LogP contribution is 2.25. The van der Waals surface area contributed by atoms with Gasteiger partial charge in [0, 0.05) is 30.6 Å². The van der Waals surface area contributed by atoms with Gasteiger partial charge in [0.1, 0.15) is 5.15 Å². The first-order valence-corrected chi connectivity index (χ1v) is 9.52. The van der Waals surface area contributed by atoms with Crippen LogP contribution in [0.15, 0.2) is 16.4 Å². The Bertz CT molecular complexity index is 705. The van der Waals surface area contributed by atoms with Gasteiger partial charge in [0.15, 0.2) is 5.96 Å². The standard InChI is InChI=1S/C16H23Cl2N5S/c1-5-19-16(20-7-11-9-24-15(22-11)10(2)3)21-8-12-6-13(17)14(18)23(12)4/h6,9-10H,5,7-8H2,1-4H3,(H2,19,20,21). The van der Waals surface area contributed by atoms with Crippen LogP contribution in [0.3, 0.4) is 0 Å². The third kappa shape index (κ3) is 4.88. The Labute approximate surface area is 157 Å². The monoisotopic (exact) mass is 387 g/mol. The SMILES string of the molecule is CCNC(=NCc1csc(C(C)C)n1)NCc1cc(Cl)c(Cl)n1C. The van der Waals surface area contributed by atoms with Crippen LogP contribution in [-0.2, 0) is 20.1 Å². The van der Waals surface area contributed by atoms with Gasteiger partial charge in [-0.05, 0) is 13.0 Å². The van der Waals surface area contributed by atoms with Crippen molar-refractivity contribution in [2.45, 2.75) is 39.8 Å². The van der Waals surface area contributed by atoms with Crippen molar-refractivity contribution in [1.82, 2.24) is 20.2 Å². The maximum Gasteiger partial charge on any atom is 0.191 e. The summed E-state index contributed by atoms with van der Waals surface area (Å²) in [5.41, 5.74) is 1.98. The minimum Gasteiger partial charge on any atom is -0.357 e. The van der Waals surface area contributed by atoms with Crippen molar-refractivity contribution in [3.05, 3.63) is 38.0 Å². The first-order chi connectivity index (χ1) is 11.4. The van der Waals surface area contributed by atoms with E-state index >= 15 is 0 Å². The molecule has 0 fully saturated rings. The first-order valence-electron chi connectivity index (χ1n) is 7.88. The number of rotatable bonds is 6. The van der Waals surface area contributed by atoms with Gasteiger partial charge in [0.25, 0.3) is 0 Å². The van der Waals surface area contributed by atoms with E-state index in [1.54, 1.807) is 11.3 Å². The second-order valence-corrected chi connectivity index (χ2v) is 7.37. The summed E-state index contributed by atoms with van der Waals surface area (Å²) in [5.74, 6) is 1.19. The third-order valence-corrected chi connectivity index (χ3v) is 5.50. The van der Waals surface area contributed by atoms with Crippen LogP contribution >= 0.6 is 34.5 Å². The van der Waals surface area contributed by atoms with Crippen molar-refractivity contribution in [2.75, 3.05) is 6.54 Å². The van der Waals surface area contributed by atoms with Crippen LogP contribution in [0.4, 0.5) is 0 Å². The van der Waals surface area contributed by atoms with Crippen molar-refractivity contribution in [1.29, 1.82) is 0 Å². The number of hydrogen-bond acceptors (Lipinski definition) is 3. The molecule has 0 spiro atoms. The number of hydrogen-bond donors (Lipinski definition) is 2. The zero-order valence-corrected chi connectivity index (χ0v) is 16.7. The summed E-state index contributed by atoms with van der Waals surface area (Å²) in [4.78, 5) is 9.20. The molecule has 2 heterocycles. The lowest BCUT2D eigenvalue weighted by molar-refractivity contribution is 0.750. The zero-order valence-electron chi connectivity index (χ0n) is 14.4. The number of aromatic nitrogens is 2. The summed E-state index contributed by atoms with van der Waals surface area (Å²) in [6.45, 7) is 8.25. The molecule has 0 aliphatic heterocycles. The fourth-order valence-electron chi connectivity index (χ4n) is 2.10. The Kier molecular flexibility index (Phi) is 6.95. The summed E-state index contributed by atoms with van der Waals surface area (Å²) < 4.78 is 1.86. The molecule has 2 aromatic rings. The van der Waals surface area contributed by atoms with E-state index in [0.717, 1.165) is 28.9 Å². The predicted octanol–water partition coefficient (Wildman–Crippen LogP) is 4.17. The van der Waals surface area contributed by atoms with Crippen LogP contribution in [0.1, 0.15) is 43.1 Å². The number of nitrogens with zero attached hydrogens (tertiary/aromatic N) is 3. The van der Waals surface area contributed by atoms with Crippen molar-refractivity contribution >= 4 is 40.5 Å². The number of guanidine groups is 1. The van der Waals surface area contributed by atoms with Gasteiger partial charge in [0.05, 0.1) is 28.8 Å². The molecule has 0 saturated heterocycles. The highest BCUT2D eigenvalue weighted by atomic mass is 35.5. The first kappa shape index (κ1) is 19.1. The van der Waals surface area contributed by atoms with Crippen LogP contribution in [0.2, 0.25) is 10.2 Å². The Morgan fingerprint density at radius 3 is 2.67 bits per heavy atom. The molecule has 0 amide bonds. The lowest BCUT2D eigenvalue weighted by Gasteiger charge is -2.11. The molecule has 0 aliphatic rings. The van der Waals surface area contributed by atoms with Crippen molar-refractivity contribution in [2.24, 2.45) is 12.0 Å². The van der Waals surface area contributed by atoms with Gasteiger partial charge in [-0.15, -0.1) is 11.3 Å². The normalized spacial score (nSPS) is 12.0. The largest absolute Gasteiger partial charge is 0.357 e. The Hall–Kier alpha value is -1.24. The summed E-state index contributed by atoms with van der Waals surface area (Å²) in [7, 11) is 1.89. The number of nitrogens with one attached hydrogen (secondary N) is 2. The molecule has 0 radical (unpaired) electrons. The third-order valence-electron chi connectivity index (χ3n) is 3.46. The summed E-state index contributed by atoms with van der Waals surface area (Å²) in [6, 6.07) is 1.86. The van der Waals surface area contributed by atoms with Gasteiger partial charge in [-0.3, -0.25) is 0 Å². The van der Waals surface area contributed by atoms with Crippen LogP contribution < -0.4 is 10.6 Å². The minimum absolute atomic E-state index is 0.450. The van der Waals surface area contributed by atoms with E-state index in [-0.39, 0.29) is 0 Å². The molecule has 0 aromatic carbocycles. The highest BCUT2D eigenvalue weighted by Gasteiger charge is 2.10. The molecule has 8 heteroatoms. The molecule has 0 saturated carbocycles. The quantitative estimate of drug-likeness (QED) is 0.577. The van der Waals surface area contributed by atoms with Gasteiger partial charge >= 0.3 is 0 Å². The summed E-state index contributed by atoms with van der Waals surface area (Å²) in [6.07, 6.45) is 0. The van der Waals surface area contributed by atoms with Gasteiger partial charge in [-0.1, -0.05) is 37.0 Å². The van der Waals surface area contributed by atoms with Crippen LogP contribution in [0.25, 0.3) is 0 Å². The highest BCUT2D eigenvalue weighted by molar-refractivity contribution is 7.09. The fourth-order valence-corrected chi connectivity index (χ4v) is 3.34. The molecule has 2 aromatic heterocycles. The van der Waals surface area contributed by atoms with Crippen LogP contribution in [0.5, 0.6) is 0 Å². The molecule has 0 bridgehead atoms. The van der Waals surface area contributed by atoms with Crippen molar-refractivity contribution < 1.29 is 0 Å². The topological polar surface area (TPSA) is 54.2 Å². The Balaban J connectivity index is 2.00. The Morgan fingerprint density at radius 2 is 2.12 bits per heavy atom. The molecule has 0 atom stereocenters. The molecule has 2 rings (SSSR count). The molecular weight excluding hydrogens is 365 g/mol. The second kappa shape index (κ2) is 8.74. The Morgan fingerprint density at radius 1 is 1.38 bits per heavy atom. The number of aliphatic imine (C=N–C) groups is 1. The predicted molar refractivity (Wildman–Crippen MR) is 103 cm³/mol. The van der Waals surface area contributed by atoms with Crippen molar-refractivity contribution in [3.63, 3.8) is 0 Å². The van der Waals surface area contributed by atoms with E-state index in [1.165, 1.54) is 0 Å². The minimum atomic E-state index is 0.450. The lowest BCUT2D eigenvalue weighted by Crippen LogP contribution is -2.37. The molecule has 24 heavy (non-hydrogen) atoms. The molecule has 0 aliphatic carbocycles. The maximum absolute atomic E-state index is 6.09. The van der Waals surface area contributed by atoms with Gasteiger partial charge in [-0.25, -0.2) is 9.98 Å². The summed E-state index contributed by atoms with van der Waals surface area (Å²) in [5, 5.41) is 10.8. The molecule has 0 unspecified atom stereocenters.